The van der Waals surface area contributed by atoms with Gasteiger partial charge in [0.05, 0.1) is 0 Å². The first kappa shape index (κ1) is 11.9. The SMILES string of the molecule is Cc1ccc(OCC(=O)N2CC(CO)C2)cc1. The summed E-state index contributed by atoms with van der Waals surface area (Å²) in [5, 5.41) is 8.85. The van der Waals surface area contributed by atoms with Crippen molar-refractivity contribution in [3.8, 4) is 5.75 Å². The predicted octanol–water partition coefficient (Wildman–Crippen LogP) is 0.825. The maximum absolute atomic E-state index is 11.6. The van der Waals surface area contributed by atoms with Crippen molar-refractivity contribution in [2.45, 2.75) is 6.92 Å². The standard InChI is InChI=1S/C13H17NO3/c1-10-2-4-12(5-3-10)17-9-13(16)14-6-11(7-14)8-15/h2-5,11,15H,6-9H2,1H3. The molecule has 4 nitrogen and oxygen atoms in total. The topological polar surface area (TPSA) is 49.8 Å². The van der Waals surface area contributed by atoms with E-state index in [0.717, 1.165) is 5.56 Å². The summed E-state index contributed by atoms with van der Waals surface area (Å²) in [5.41, 5.74) is 1.16. The molecule has 1 fully saturated rings. The van der Waals surface area contributed by atoms with Gasteiger partial charge in [0.25, 0.3) is 5.91 Å². The third kappa shape index (κ3) is 2.97. The van der Waals surface area contributed by atoms with E-state index in [1.165, 1.54) is 0 Å². The molecule has 2 rings (SSSR count). The van der Waals surface area contributed by atoms with Gasteiger partial charge in [-0.3, -0.25) is 4.79 Å². The molecule has 1 aromatic rings. The summed E-state index contributed by atoms with van der Waals surface area (Å²) in [4.78, 5) is 13.3. The van der Waals surface area contributed by atoms with E-state index in [-0.39, 0.29) is 25.0 Å². The summed E-state index contributed by atoms with van der Waals surface area (Å²) >= 11 is 0. The minimum Gasteiger partial charge on any atom is -0.484 e. The van der Waals surface area contributed by atoms with Crippen LogP contribution in [-0.4, -0.2) is 42.2 Å². The van der Waals surface area contributed by atoms with Gasteiger partial charge in [0, 0.05) is 25.6 Å². The number of nitrogens with zero attached hydrogens (tertiary/aromatic N) is 1. The molecule has 0 bridgehead atoms. The molecule has 4 heteroatoms. The number of aliphatic hydroxyl groups excluding tert-OH is 1. The van der Waals surface area contributed by atoms with Crippen LogP contribution < -0.4 is 4.74 Å². The highest BCUT2D eigenvalue weighted by Gasteiger charge is 2.29. The van der Waals surface area contributed by atoms with Crippen LogP contribution in [0.1, 0.15) is 5.56 Å². The van der Waals surface area contributed by atoms with E-state index in [4.69, 9.17) is 9.84 Å². The fraction of sp³-hybridized carbons (Fsp3) is 0.462. The summed E-state index contributed by atoms with van der Waals surface area (Å²) in [7, 11) is 0. The Morgan fingerprint density at radius 3 is 2.65 bits per heavy atom. The molecule has 1 aliphatic rings. The number of carbonyl (C=O) groups excluding carboxylic acids is 1. The van der Waals surface area contributed by atoms with Crippen molar-refractivity contribution >= 4 is 5.91 Å². The highest BCUT2D eigenvalue weighted by atomic mass is 16.5. The Bertz CT molecular complexity index is 382. The van der Waals surface area contributed by atoms with Gasteiger partial charge >= 0.3 is 0 Å². The largest absolute Gasteiger partial charge is 0.484 e. The Hall–Kier alpha value is -1.55. The first-order valence-corrected chi connectivity index (χ1v) is 5.77. The monoisotopic (exact) mass is 235 g/mol. The average molecular weight is 235 g/mol. The minimum absolute atomic E-state index is 0.0183. The van der Waals surface area contributed by atoms with Gasteiger partial charge in [-0.1, -0.05) is 17.7 Å². The number of aryl methyl sites for hydroxylation is 1. The molecule has 0 aromatic heterocycles. The van der Waals surface area contributed by atoms with Crippen LogP contribution >= 0.6 is 0 Å². The summed E-state index contributed by atoms with van der Waals surface area (Å²) in [6, 6.07) is 7.61. The number of rotatable bonds is 4. The fourth-order valence-corrected chi connectivity index (χ4v) is 1.76. The third-order valence-electron chi connectivity index (χ3n) is 2.95. The molecule has 0 radical (unpaired) electrons. The summed E-state index contributed by atoms with van der Waals surface area (Å²) in [6.07, 6.45) is 0. The van der Waals surface area contributed by atoms with Gasteiger partial charge < -0.3 is 14.7 Å². The molecular formula is C13H17NO3. The van der Waals surface area contributed by atoms with Crippen molar-refractivity contribution in [2.24, 2.45) is 5.92 Å². The van der Waals surface area contributed by atoms with Crippen LogP contribution in [0.5, 0.6) is 5.75 Å². The Balaban J connectivity index is 1.75. The van der Waals surface area contributed by atoms with E-state index in [0.29, 0.717) is 18.8 Å². The number of benzene rings is 1. The van der Waals surface area contributed by atoms with Gasteiger partial charge in [0.1, 0.15) is 5.75 Å². The molecule has 92 valence electrons. The van der Waals surface area contributed by atoms with Crippen molar-refractivity contribution in [3.05, 3.63) is 29.8 Å². The molecule has 0 atom stereocenters. The third-order valence-corrected chi connectivity index (χ3v) is 2.95. The van der Waals surface area contributed by atoms with Crippen molar-refractivity contribution in [1.82, 2.24) is 4.90 Å². The summed E-state index contributed by atoms with van der Waals surface area (Å²) < 4.78 is 5.39. The maximum Gasteiger partial charge on any atom is 0.260 e. The second-order valence-electron chi connectivity index (χ2n) is 4.45. The predicted molar refractivity (Wildman–Crippen MR) is 63.8 cm³/mol. The second-order valence-corrected chi connectivity index (χ2v) is 4.45. The van der Waals surface area contributed by atoms with Crippen molar-refractivity contribution in [3.63, 3.8) is 0 Å². The molecule has 1 aromatic carbocycles. The zero-order valence-corrected chi connectivity index (χ0v) is 9.93. The molecule has 1 heterocycles. The van der Waals surface area contributed by atoms with E-state index < -0.39 is 0 Å². The van der Waals surface area contributed by atoms with Gasteiger partial charge in [-0.2, -0.15) is 0 Å². The highest BCUT2D eigenvalue weighted by Crippen LogP contribution is 2.16. The smallest absolute Gasteiger partial charge is 0.260 e. The normalized spacial score (nSPS) is 15.5. The van der Waals surface area contributed by atoms with Gasteiger partial charge in [0.2, 0.25) is 0 Å². The van der Waals surface area contributed by atoms with Crippen LogP contribution in [-0.2, 0) is 4.79 Å². The number of carbonyl (C=O) groups is 1. The fourth-order valence-electron chi connectivity index (χ4n) is 1.76. The van der Waals surface area contributed by atoms with Gasteiger partial charge in [0.15, 0.2) is 6.61 Å². The average Bonchev–Trinajstić information content (AvgIpc) is 2.27. The minimum atomic E-state index is -0.0183. The van der Waals surface area contributed by atoms with Crippen molar-refractivity contribution in [1.29, 1.82) is 0 Å². The number of ether oxygens (including phenoxy) is 1. The van der Waals surface area contributed by atoms with E-state index in [1.54, 1.807) is 4.90 Å². The first-order chi connectivity index (χ1) is 8.19. The Labute approximate surface area is 101 Å². The first-order valence-electron chi connectivity index (χ1n) is 5.77. The molecule has 1 saturated heterocycles. The van der Waals surface area contributed by atoms with Crippen molar-refractivity contribution < 1.29 is 14.6 Å². The summed E-state index contributed by atoms with van der Waals surface area (Å²) in [5.74, 6) is 0.941. The maximum atomic E-state index is 11.6. The number of hydrogen-bond donors (Lipinski definition) is 1. The number of aliphatic hydroxyl groups is 1. The van der Waals surface area contributed by atoms with Crippen molar-refractivity contribution in [2.75, 3.05) is 26.3 Å². The van der Waals surface area contributed by atoms with Crippen LogP contribution in [0.2, 0.25) is 0 Å². The Morgan fingerprint density at radius 2 is 2.06 bits per heavy atom. The molecule has 1 aliphatic heterocycles. The quantitative estimate of drug-likeness (QED) is 0.840. The Morgan fingerprint density at radius 1 is 1.41 bits per heavy atom. The van der Waals surface area contributed by atoms with Crippen LogP contribution in [0.4, 0.5) is 0 Å². The van der Waals surface area contributed by atoms with Crippen LogP contribution in [0.15, 0.2) is 24.3 Å². The molecule has 0 spiro atoms. The lowest BCUT2D eigenvalue weighted by molar-refractivity contribution is -0.140. The van der Waals surface area contributed by atoms with E-state index in [9.17, 15) is 4.79 Å². The van der Waals surface area contributed by atoms with Crippen LogP contribution in [0, 0.1) is 12.8 Å². The van der Waals surface area contributed by atoms with E-state index >= 15 is 0 Å². The molecule has 0 aliphatic carbocycles. The molecule has 1 N–H and O–H groups in total. The number of likely N-dealkylation sites (tertiary alicyclic amines) is 1. The molecular weight excluding hydrogens is 218 g/mol. The lowest BCUT2D eigenvalue weighted by atomic mass is 10.0. The second kappa shape index (κ2) is 5.19. The van der Waals surface area contributed by atoms with E-state index in [2.05, 4.69) is 0 Å². The van der Waals surface area contributed by atoms with Gasteiger partial charge in [-0.15, -0.1) is 0 Å². The van der Waals surface area contributed by atoms with E-state index in [1.807, 2.05) is 31.2 Å². The number of hydrogen-bond acceptors (Lipinski definition) is 3. The molecule has 1 amide bonds. The zero-order valence-electron chi connectivity index (χ0n) is 9.93. The van der Waals surface area contributed by atoms with Gasteiger partial charge in [-0.05, 0) is 19.1 Å². The molecule has 0 saturated carbocycles. The number of amides is 1. The summed E-state index contributed by atoms with van der Waals surface area (Å²) in [6.45, 7) is 3.52. The zero-order chi connectivity index (χ0) is 12.3. The van der Waals surface area contributed by atoms with Gasteiger partial charge in [-0.25, -0.2) is 0 Å². The highest BCUT2D eigenvalue weighted by molar-refractivity contribution is 5.78. The molecule has 0 unspecified atom stereocenters. The van der Waals surface area contributed by atoms with Crippen LogP contribution in [0.3, 0.4) is 0 Å². The van der Waals surface area contributed by atoms with Crippen LogP contribution in [0.25, 0.3) is 0 Å². The molecule has 17 heavy (non-hydrogen) atoms. The lowest BCUT2D eigenvalue weighted by Crippen LogP contribution is -2.52. The lowest BCUT2D eigenvalue weighted by Gasteiger charge is -2.38. The Kier molecular flexibility index (Phi) is 3.64.